The molecule has 0 amide bonds. The number of nitrogens with zero attached hydrogens (tertiary/aromatic N) is 1. The Balaban J connectivity index is 1.33. The van der Waals surface area contributed by atoms with Gasteiger partial charge in [0.15, 0.2) is 0 Å². The molecule has 196 valence electrons. The van der Waals surface area contributed by atoms with E-state index in [4.69, 9.17) is 0 Å². The quantitative estimate of drug-likeness (QED) is 0.212. The number of fused-ring (bicyclic) bond motifs is 1. The second-order valence-corrected chi connectivity index (χ2v) is 11.0. The van der Waals surface area contributed by atoms with Crippen molar-refractivity contribution in [2.45, 2.75) is 26.7 Å². The maximum atomic E-state index is 2.40. The van der Waals surface area contributed by atoms with Crippen LogP contribution < -0.4 is 4.90 Å². The van der Waals surface area contributed by atoms with Crippen molar-refractivity contribution in [2.24, 2.45) is 0 Å². The molecule has 40 heavy (non-hydrogen) atoms. The molecule has 6 aromatic carbocycles. The van der Waals surface area contributed by atoms with E-state index in [0.717, 1.165) is 0 Å². The van der Waals surface area contributed by atoms with Crippen LogP contribution in [-0.4, -0.2) is 7.05 Å². The van der Waals surface area contributed by atoms with Crippen molar-refractivity contribution < 1.29 is 0 Å². The van der Waals surface area contributed by atoms with Gasteiger partial charge in [-0.15, -0.1) is 0 Å². The molecule has 0 heterocycles. The van der Waals surface area contributed by atoms with E-state index < -0.39 is 0 Å². The van der Waals surface area contributed by atoms with Gasteiger partial charge in [0.05, 0.1) is 0 Å². The van der Waals surface area contributed by atoms with E-state index in [2.05, 4.69) is 160 Å². The van der Waals surface area contributed by atoms with Gasteiger partial charge in [0.2, 0.25) is 0 Å². The molecule has 0 aliphatic heterocycles. The normalized spacial score (nSPS) is 11.2. The van der Waals surface area contributed by atoms with Crippen LogP contribution in [0.15, 0.2) is 133 Å². The highest BCUT2D eigenvalue weighted by molar-refractivity contribution is 5.99. The molecule has 6 aromatic rings. The topological polar surface area (TPSA) is 3.24 Å². The van der Waals surface area contributed by atoms with Crippen LogP contribution in [0.3, 0.4) is 0 Å². The first kappa shape index (κ1) is 25.6. The third kappa shape index (κ3) is 4.92. The van der Waals surface area contributed by atoms with Crippen molar-refractivity contribution >= 4 is 22.1 Å². The van der Waals surface area contributed by atoms with Crippen molar-refractivity contribution in [2.75, 3.05) is 11.9 Å². The van der Waals surface area contributed by atoms with Gasteiger partial charge in [-0.25, -0.2) is 0 Å². The zero-order valence-electron chi connectivity index (χ0n) is 23.7. The third-order valence-electron chi connectivity index (χ3n) is 8.03. The van der Waals surface area contributed by atoms with E-state index in [9.17, 15) is 0 Å². The summed E-state index contributed by atoms with van der Waals surface area (Å²) in [6.07, 6.45) is 0. The van der Waals surface area contributed by atoms with Gasteiger partial charge in [-0.3, -0.25) is 0 Å². The Kier molecular flexibility index (Phi) is 6.97. The predicted molar refractivity (Wildman–Crippen MR) is 174 cm³/mol. The first-order valence-corrected chi connectivity index (χ1v) is 14.1. The van der Waals surface area contributed by atoms with E-state index in [1.807, 2.05) is 6.07 Å². The molecule has 0 spiro atoms. The number of anilines is 2. The minimum atomic E-state index is 0.439. The van der Waals surface area contributed by atoms with Crippen LogP contribution in [0.4, 0.5) is 11.4 Å². The number of hydrogen-bond acceptors (Lipinski definition) is 1. The van der Waals surface area contributed by atoms with Crippen LogP contribution >= 0.6 is 0 Å². The number of hydrogen-bond donors (Lipinski definition) is 0. The summed E-state index contributed by atoms with van der Waals surface area (Å²) in [7, 11) is 2.11. The van der Waals surface area contributed by atoms with Gasteiger partial charge in [-0.2, -0.15) is 0 Å². The van der Waals surface area contributed by atoms with Crippen molar-refractivity contribution in [3.8, 4) is 33.4 Å². The molecule has 0 bridgehead atoms. The molecule has 0 saturated carbocycles. The highest BCUT2D eigenvalue weighted by Crippen LogP contribution is 2.39. The van der Waals surface area contributed by atoms with E-state index in [-0.39, 0.29) is 0 Å². The zero-order chi connectivity index (χ0) is 27.6. The summed E-state index contributed by atoms with van der Waals surface area (Å²) in [6, 6.07) is 48.5. The van der Waals surface area contributed by atoms with Crippen molar-refractivity contribution in [1.82, 2.24) is 0 Å². The number of rotatable bonds is 6. The standard InChI is InChI=1S/C39H35N/c1-27(2)36-25-22-33(26-38(36)39-28(3)14-15-32-10-8-9-13-37(32)39)31-18-16-29(17-19-31)30-20-23-35(24-21-30)40(4)34-11-6-5-7-12-34/h5-27H,1-4H3. The van der Waals surface area contributed by atoms with Crippen molar-refractivity contribution in [1.29, 1.82) is 0 Å². The average molecular weight is 518 g/mol. The van der Waals surface area contributed by atoms with Gasteiger partial charge in [0.1, 0.15) is 0 Å². The van der Waals surface area contributed by atoms with Crippen LogP contribution in [0.25, 0.3) is 44.2 Å². The predicted octanol–water partition coefficient (Wildman–Crippen LogP) is 11.0. The minimum absolute atomic E-state index is 0.439. The Labute approximate surface area is 238 Å². The number of benzene rings is 6. The monoisotopic (exact) mass is 517 g/mol. The molecule has 0 fully saturated rings. The van der Waals surface area contributed by atoms with Crippen molar-refractivity contribution in [3.63, 3.8) is 0 Å². The third-order valence-corrected chi connectivity index (χ3v) is 8.03. The lowest BCUT2D eigenvalue weighted by Crippen LogP contribution is -2.08. The van der Waals surface area contributed by atoms with Crippen LogP contribution in [0.1, 0.15) is 30.9 Å². The van der Waals surface area contributed by atoms with E-state index in [1.54, 1.807) is 0 Å². The number of para-hydroxylation sites is 1. The zero-order valence-corrected chi connectivity index (χ0v) is 23.7. The molecule has 0 aliphatic carbocycles. The Hall–Kier alpha value is -4.62. The molecule has 0 aromatic heterocycles. The summed E-state index contributed by atoms with van der Waals surface area (Å²) in [5.41, 5.74) is 12.7. The van der Waals surface area contributed by atoms with Gasteiger partial charge in [-0.05, 0) is 98.5 Å². The summed E-state index contributed by atoms with van der Waals surface area (Å²) in [5.74, 6) is 0.439. The fourth-order valence-electron chi connectivity index (χ4n) is 5.73. The molecule has 0 N–H and O–H groups in total. The second-order valence-electron chi connectivity index (χ2n) is 11.0. The first-order chi connectivity index (χ1) is 19.5. The van der Waals surface area contributed by atoms with Crippen LogP contribution in [-0.2, 0) is 0 Å². The summed E-state index contributed by atoms with van der Waals surface area (Å²) in [5, 5.41) is 2.60. The largest absolute Gasteiger partial charge is 0.345 e. The van der Waals surface area contributed by atoms with Gasteiger partial charge in [0.25, 0.3) is 0 Å². The van der Waals surface area contributed by atoms with Gasteiger partial charge >= 0.3 is 0 Å². The van der Waals surface area contributed by atoms with Crippen molar-refractivity contribution in [3.05, 3.63) is 145 Å². The SMILES string of the molecule is Cc1ccc2ccccc2c1-c1cc(-c2ccc(-c3ccc(N(C)c4ccccc4)cc3)cc2)ccc1C(C)C. The summed E-state index contributed by atoms with van der Waals surface area (Å²) in [6.45, 7) is 6.81. The maximum Gasteiger partial charge on any atom is 0.0408 e. The molecule has 0 radical (unpaired) electrons. The van der Waals surface area contributed by atoms with Crippen LogP contribution in [0.5, 0.6) is 0 Å². The lowest BCUT2D eigenvalue weighted by Gasteiger charge is -2.20. The van der Waals surface area contributed by atoms with E-state index >= 15 is 0 Å². The number of aryl methyl sites for hydroxylation is 1. The summed E-state index contributed by atoms with van der Waals surface area (Å²) < 4.78 is 0. The summed E-state index contributed by atoms with van der Waals surface area (Å²) in [4.78, 5) is 2.21. The average Bonchev–Trinajstić information content (AvgIpc) is 3.01. The Bertz CT molecular complexity index is 1760. The first-order valence-electron chi connectivity index (χ1n) is 14.1. The Morgan fingerprint density at radius 3 is 1.75 bits per heavy atom. The highest BCUT2D eigenvalue weighted by atomic mass is 15.1. The van der Waals surface area contributed by atoms with Crippen LogP contribution in [0.2, 0.25) is 0 Å². The van der Waals surface area contributed by atoms with Gasteiger partial charge in [-0.1, -0.05) is 117 Å². The second kappa shape index (κ2) is 10.9. The molecule has 1 nitrogen and oxygen atoms in total. The maximum absolute atomic E-state index is 2.40. The molecular formula is C39H35N. The molecular weight excluding hydrogens is 482 g/mol. The Morgan fingerprint density at radius 2 is 1.07 bits per heavy atom. The molecule has 6 rings (SSSR count). The van der Waals surface area contributed by atoms with Crippen LogP contribution in [0, 0.1) is 6.92 Å². The van der Waals surface area contributed by atoms with E-state index in [0.29, 0.717) is 5.92 Å². The molecule has 0 atom stereocenters. The smallest absolute Gasteiger partial charge is 0.0408 e. The highest BCUT2D eigenvalue weighted by Gasteiger charge is 2.15. The lowest BCUT2D eigenvalue weighted by atomic mass is 9.85. The van der Waals surface area contributed by atoms with Gasteiger partial charge < -0.3 is 4.90 Å². The minimum Gasteiger partial charge on any atom is -0.345 e. The summed E-state index contributed by atoms with van der Waals surface area (Å²) >= 11 is 0. The molecule has 0 saturated heterocycles. The molecule has 1 heteroatoms. The Morgan fingerprint density at radius 1 is 0.525 bits per heavy atom. The molecule has 0 unspecified atom stereocenters. The fourth-order valence-corrected chi connectivity index (χ4v) is 5.73. The fraction of sp³-hybridized carbons (Fsp3) is 0.128. The van der Waals surface area contributed by atoms with Gasteiger partial charge in [0, 0.05) is 18.4 Å². The molecule has 0 aliphatic rings. The lowest BCUT2D eigenvalue weighted by molar-refractivity contribution is 0.869. The van der Waals surface area contributed by atoms with E-state index in [1.165, 1.54) is 66.7 Å².